The third-order valence-electron chi connectivity index (χ3n) is 4.20. The second-order valence-electron chi connectivity index (χ2n) is 5.56. The van der Waals surface area contributed by atoms with E-state index in [0.717, 1.165) is 33.5 Å². The number of fused-ring (bicyclic) bond motifs is 3. The molecule has 124 valence electrons. The average Bonchev–Trinajstić information content (AvgIpc) is 2.92. The molecule has 1 aliphatic rings. The first kappa shape index (κ1) is 16.6. The van der Waals surface area contributed by atoms with Gasteiger partial charge in [0.2, 0.25) is 5.91 Å². The van der Waals surface area contributed by atoms with E-state index in [9.17, 15) is 4.79 Å². The first-order valence-electron chi connectivity index (χ1n) is 7.57. The average molecular weight is 356 g/mol. The van der Waals surface area contributed by atoms with Crippen LogP contribution in [0.3, 0.4) is 0 Å². The van der Waals surface area contributed by atoms with Gasteiger partial charge in [-0.1, -0.05) is 11.6 Å². The van der Waals surface area contributed by atoms with Crippen molar-refractivity contribution in [3.8, 4) is 0 Å². The maximum atomic E-state index is 12.6. The minimum Gasteiger partial charge on any atom is -0.395 e. The quantitative estimate of drug-likeness (QED) is 0.789. The van der Waals surface area contributed by atoms with Gasteiger partial charge >= 0.3 is 0 Å². The summed E-state index contributed by atoms with van der Waals surface area (Å²) < 4.78 is 0. The molecule has 23 heavy (non-hydrogen) atoms. The molecule has 2 heterocycles. The number of rotatable bonds is 5. The van der Waals surface area contributed by atoms with Gasteiger partial charge in [0.05, 0.1) is 18.6 Å². The van der Waals surface area contributed by atoms with Crippen LogP contribution < -0.4 is 0 Å². The lowest BCUT2D eigenvalue weighted by molar-refractivity contribution is -0.136. The van der Waals surface area contributed by atoms with Gasteiger partial charge in [-0.15, -0.1) is 11.3 Å². The Morgan fingerprint density at radius 1 is 1.35 bits per heavy atom. The predicted molar refractivity (Wildman–Crippen MR) is 88.7 cm³/mol. The molecule has 0 unspecified atom stereocenters. The van der Waals surface area contributed by atoms with Crippen molar-refractivity contribution in [1.82, 2.24) is 14.9 Å². The molecule has 8 heteroatoms. The molecule has 3 rings (SSSR count). The number of aryl methyl sites for hydroxylation is 1. The summed E-state index contributed by atoms with van der Waals surface area (Å²) in [5.41, 5.74) is 1.16. The highest BCUT2D eigenvalue weighted by Crippen LogP contribution is 2.39. The maximum absolute atomic E-state index is 12.6. The number of hydrogen-bond donors (Lipinski definition) is 2. The van der Waals surface area contributed by atoms with Crippen molar-refractivity contribution in [2.24, 2.45) is 5.92 Å². The number of aliphatic hydroxyl groups excluding tert-OH is 2. The van der Waals surface area contributed by atoms with Crippen molar-refractivity contribution in [3.63, 3.8) is 0 Å². The van der Waals surface area contributed by atoms with Crippen LogP contribution in [-0.2, 0) is 17.6 Å². The monoisotopic (exact) mass is 355 g/mol. The first-order chi connectivity index (χ1) is 11.2. The highest BCUT2D eigenvalue weighted by atomic mass is 35.5. The molecule has 6 nitrogen and oxygen atoms in total. The fourth-order valence-corrected chi connectivity index (χ4v) is 4.68. The van der Waals surface area contributed by atoms with Gasteiger partial charge in [-0.3, -0.25) is 4.79 Å². The van der Waals surface area contributed by atoms with Crippen LogP contribution >= 0.6 is 22.9 Å². The molecule has 1 amide bonds. The third kappa shape index (κ3) is 3.19. The number of aromatic nitrogens is 2. The molecule has 1 aliphatic carbocycles. The Morgan fingerprint density at radius 2 is 2.09 bits per heavy atom. The maximum Gasteiger partial charge on any atom is 0.226 e. The molecule has 0 saturated heterocycles. The second-order valence-corrected chi connectivity index (χ2v) is 7.00. The van der Waals surface area contributed by atoms with Crippen molar-refractivity contribution >= 4 is 39.1 Å². The van der Waals surface area contributed by atoms with E-state index in [4.69, 9.17) is 21.8 Å². The van der Waals surface area contributed by atoms with E-state index in [1.165, 1.54) is 11.2 Å². The van der Waals surface area contributed by atoms with Crippen molar-refractivity contribution in [1.29, 1.82) is 0 Å². The van der Waals surface area contributed by atoms with Crippen LogP contribution in [-0.4, -0.2) is 57.3 Å². The van der Waals surface area contributed by atoms with Gasteiger partial charge < -0.3 is 15.1 Å². The van der Waals surface area contributed by atoms with Gasteiger partial charge in [0, 0.05) is 23.9 Å². The van der Waals surface area contributed by atoms with Crippen LogP contribution in [0.15, 0.2) is 6.33 Å². The van der Waals surface area contributed by atoms with Gasteiger partial charge in [-0.25, -0.2) is 9.97 Å². The second kappa shape index (κ2) is 7.09. The summed E-state index contributed by atoms with van der Waals surface area (Å²) in [6.07, 6.45) is 3.61. The fourth-order valence-electron chi connectivity index (χ4n) is 3.11. The lowest BCUT2D eigenvalue weighted by Gasteiger charge is -2.28. The zero-order valence-electron chi connectivity index (χ0n) is 12.5. The molecule has 2 aromatic rings. The lowest BCUT2D eigenvalue weighted by atomic mass is 9.87. The van der Waals surface area contributed by atoms with Crippen LogP contribution in [0.1, 0.15) is 16.9 Å². The number of carbonyl (C=O) groups is 1. The first-order valence-corrected chi connectivity index (χ1v) is 8.76. The normalized spacial score (nSPS) is 17.3. The Balaban J connectivity index is 1.84. The number of carbonyl (C=O) groups excluding carboxylic acids is 1. The molecule has 0 radical (unpaired) electrons. The zero-order valence-corrected chi connectivity index (χ0v) is 14.1. The molecular weight excluding hydrogens is 338 g/mol. The highest BCUT2D eigenvalue weighted by molar-refractivity contribution is 7.19. The SMILES string of the molecule is O=C([C@H]1CCc2c(sc3ncnc(Cl)c23)C1)N(CCO)CCO. The molecule has 2 aromatic heterocycles. The van der Waals surface area contributed by atoms with Gasteiger partial charge in [0.15, 0.2) is 0 Å². The Bertz CT molecular complexity index is 715. The topological polar surface area (TPSA) is 86.6 Å². The van der Waals surface area contributed by atoms with E-state index in [1.807, 2.05) is 0 Å². The number of aliphatic hydroxyl groups is 2. The van der Waals surface area contributed by atoms with Gasteiger partial charge in [0.25, 0.3) is 0 Å². The number of hydrogen-bond acceptors (Lipinski definition) is 6. The van der Waals surface area contributed by atoms with Crippen LogP contribution in [0.25, 0.3) is 10.2 Å². The number of nitrogens with zero attached hydrogens (tertiary/aromatic N) is 3. The Labute approximate surface area is 142 Å². The summed E-state index contributed by atoms with van der Waals surface area (Å²) in [5, 5.41) is 19.6. The van der Waals surface area contributed by atoms with E-state index in [0.29, 0.717) is 11.6 Å². The summed E-state index contributed by atoms with van der Waals surface area (Å²) in [6.45, 7) is 0.314. The third-order valence-corrected chi connectivity index (χ3v) is 5.65. The smallest absolute Gasteiger partial charge is 0.226 e. The molecular formula is C15H18ClN3O3S. The van der Waals surface area contributed by atoms with Crippen LogP contribution in [0.4, 0.5) is 0 Å². The van der Waals surface area contributed by atoms with Gasteiger partial charge in [-0.05, 0) is 24.8 Å². The summed E-state index contributed by atoms with van der Waals surface area (Å²) in [5.74, 6) is -0.131. The minimum absolute atomic E-state index is 0.00612. The van der Waals surface area contributed by atoms with E-state index in [-0.39, 0.29) is 38.1 Å². The Kier molecular flexibility index (Phi) is 5.11. The minimum atomic E-state index is -0.125. The number of amides is 1. The van der Waals surface area contributed by atoms with E-state index < -0.39 is 0 Å². The van der Waals surface area contributed by atoms with Crippen molar-refractivity contribution in [3.05, 3.63) is 21.9 Å². The number of thiophene rings is 1. The summed E-state index contributed by atoms with van der Waals surface area (Å²) in [7, 11) is 0. The van der Waals surface area contributed by atoms with Crippen molar-refractivity contribution in [2.45, 2.75) is 19.3 Å². The summed E-state index contributed by atoms with van der Waals surface area (Å²) >= 11 is 7.76. The largest absolute Gasteiger partial charge is 0.395 e. The van der Waals surface area contributed by atoms with E-state index in [1.54, 1.807) is 11.3 Å². The summed E-state index contributed by atoms with van der Waals surface area (Å²) in [6, 6.07) is 0. The van der Waals surface area contributed by atoms with E-state index >= 15 is 0 Å². The predicted octanol–water partition coefficient (Wildman–Crippen LogP) is 1.26. The summed E-state index contributed by atoms with van der Waals surface area (Å²) in [4.78, 5) is 24.5. The van der Waals surface area contributed by atoms with E-state index in [2.05, 4.69) is 9.97 Å². The highest BCUT2D eigenvalue weighted by Gasteiger charge is 2.31. The standard InChI is InChI=1S/C15H18ClN3O3S/c16-13-12-10-2-1-9(15(22)19(3-5-20)4-6-21)7-11(10)23-14(12)18-8-17-13/h8-9,20-21H,1-7H2/t9-/m0/s1. The molecule has 0 spiro atoms. The number of halogens is 1. The Morgan fingerprint density at radius 3 is 2.78 bits per heavy atom. The van der Waals surface area contributed by atoms with Gasteiger partial charge in [0.1, 0.15) is 16.3 Å². The molecule has 0 aliphatic heterocycles. The Hall–Kier alpha value is -1.28. The van der Waals surface area contributed by atoms with Gasteiger partial charge in [-0.2, -0.15) is 0 Å². The van der Waals surface area contributed by atoms with Crippen LogP contribution in [0.5, 0.6) is 0 Å². The molecule has 0 bridgehead atoms. The molecule has 0 aromatic carbocycles. The van der Waals surface area contributed by atoms with Crippen LogP contribution in [0, 0.1) is 5.92 Å². The molecule has 0 fully saturated rings. The molecule has 0 saturated carbocycles. The molecule has 2 N–H and O–H groups in total. The fraction of sp³-hybridized carbons (Fsp3) is 0.533. The van der Waals surface area contributed by atoms with Crippen molar-refractivity contribution in [2.75, 3.05) is 26.3 Å². The zero-order chi connectivity index (χ0) is 16.4. The molecule has 1 atom stereocenters. The van der Waals surface area contributed by atoms with Crippen molar-refractivity contribution < 1.29 is 15.0 Å². The lowest BCUT2D eigenvalue weighted by Crippen LogP contribution is -2.41. The van der Waals surface area contributed by atoms with Crippen LogP contribution in [0.2, 0.25) is 5.15 Å².